The molecule has 160 valence electrons. The molecule has 4 aliphatic rings. The Morgan fingerprint density at radius 3 is 2.57 bits per heavy atom. The Kier molecular flexibility index (Phi) is 4.24. The van der Waals surface area contributed by atoms with Crippen LogP contribution in [0.3, 0.4) is 0 Å². The number of nitrogen functional groups attached to an aromatic ring is 1. The third-order valence-corrected chi connectivity index (χ3v) is 7.26. The van der Waals surface area contributed by atoms with Gasteiger partial charge in [-0.25, -0.2) is 9.97 Å². The molecule has 2 aromatic heterocycles. The van der Waals surface area contributed by atoms with Crippen LogP contribution in [0.25, 0.3) is 11.3 Å². The number of ether oxygens (including phenoxy) is 2. The molecule has 6 rings (SSSR count). The van der Waals surface area contributed by atoms with Crippen molar-refractivity contribution in [1.29, 1.82) is 0 Å². The Morgan fingerprint density at radius 1 is 1.20 bits per heavy atom. The van der Waals surface area contributed by atoms with Crippen LogP contribution in [-0.2, 0) is 4.74 Å². The maximum atomic E-state index is 12.7. The number of pyridine rings is 1. The molecule has 3 atom stereocenters. The predicted molar refractivity (Wildman–Crippen MR) is 105 cm³/mol. The smallest absolute Gasteiger partial charge is 0.387 e. The molecule has 0 bridgehead atoms. The number of anilines is 1. The first kappa shape index (κ1) is 18.5. The van der Waals surface area contributed by atoms with E-state index in [4.69, 9.17) is 15.5 Å². The number of rotatable bonds is 6. The number of alkyl halides is 2. The maximum absolute atomic E-state index is 12.7. The highest BCUT2D eigenvalue weighted by Crippen LogP contribution is 2.57. The molecular weight excluding hydrogens is 392 g/mol. The van der Waals surface area contributed by atoms with Gasteiger partial charge in [-0.1, -0.05) is 6.42 Å². The highest BCUT2D eigenvalue weighted by Gasteiger charge is 2.58. The maximum Gasteiger partial charge on any atom is 0.387 e. The molecule has 2 aliphatic heterocycles. The quantitative estimate of drug-likeness (QED) is 0.779. The molecule has 4 fully saturated rings. The second kappa shape index (κ2) is 6.88. The van der Waals surface area contributed by atoms with E-state index < -0.39 is 6.61 Å². The standard InChI is InChI=1S/C21H25F2N5O2/c22-21(23)30-17-4-12(5-25-19(17)24)16-8-28(20(26-16)11-2-1-3-11)18-14-6-27(7-15(14)18)13-9-29-10-13/h4-5,8,11,13-15,18,21H,1-3,6-7,9-10H2,(H2,24,25)/t14-,15+,18+. The van der Waals surface area contributed by atoms with Crippen LogP contribution in [0.4, 0.5) is 14.6 Å². The van der Waals surface area contributed by atoms with Gasteiger partial charge < -0.3 is 19.8 Å². The number of aromatic nitrogens is 3. The average Bonchev–Trinajstić information content (AvgIpc) is 2.97. The molecule has 7 nitrogen and oxygen atoms in total. The summed E-state index contributed by atoms with van der Waals surface area (Å²) < 4.78 is 37.6. The van der Waals surface area contributed by atoms with E-state index in [2.05, 4.69) is 25.4 Å². The van der Waals surface area contributed by atoms with E-state index >= 15 is 0 Å². The van der Waals surface area contributed by atoms with Crippen LogP contribution in [-0.4, -0.2) is 58.4 Å². The van der Waals surface area contributed by atoms with Gasteiger partial charge in [0.25, 0.3) is 0 Å². The molecule has 9 heteroatoms. The number of imidazole rings is 1. The van der Waals surface area contributed by atoms with Gasteiger partial charge in [-0.3, -0.25) is 4.90 Å². The molecule has 2 aliphatic carbocycles. The van der Waals surface area contributed by atoms with Crippen LogP contribution in [0, 0.1) is 11.8 Å². The van der Waals surface area contributed by atoms with Gasteiger partial charge >= 0.3 is 6.61 Å². The summed E-state index contributed by atoms with van der Waals surface area (Å²) in [7, 11) is 0. The first-order valence-electron chi connectivity index (χ1n) is 10.7. The lowest BCUT2D eigenvalue weighted by Gasteiger charge is -2.36. The molecule has 0 unspecified atom stereocenters. The number of likely N-dealkylation sites (tertiary alicyclic amines) is 1. The normalized spacial score (nSPS) is 29.0. The summed E-state index contributed by atoms with van der Waals surface area (Å²) in [5.41, 5.74) is 7.09. The van der Waals surface area contributed by atoms with E-state index in [0.717, 1.165) is 50.7 Å². The van der Waals surface area contributed by atoms with Crippen molar-refractivity contribution in [2.24, 2.45) is 11.8 Å². The first-order valence-corrected chi connectivity index (χ1v) is 10.7. The minimum atomic E-state index is -2.94. The van der Waals surface area contributed by atoms with Crippen LogP contribution in [0.2, 0.25) is 0 Å². The molecule has 2 saturated carbocycles. The second-order valence-corrected chi connectivity index (χ2v) is 8.97. The summed E-state index contributed by atoms with van der Waals surface area (Å²) in [6.07, 6.45) is 7.20. The molecule has 30 heavy (non-hydrogen) atoms. The number of halogens is 2. The van der Waals surface area contributed by atoms with E-state index in [9.17, 15) is 8.78 Å². The van der Waals surface area contributed by atoms with Crippen molar-refractivity contribution in [1.82, 2.24) is 19.4 Å². The molecule has 2 N–H and O–H groups in total. The van der Waals surface area contributed by atoms with Crippen molar-refractivity contribution in [3.05, 3.63) is 24.3 Å². The monoisotopic (exact) mass is 417 g/mol. The topological polar surface area (TPSA) is 78.4 Å². The Labute approximate surface area is 173 Å². The molecule has 0 aromatic carbocycles. The lowest BCUT2D eigenvalue weighted by atomic mass is 9.85. The number of hydrogen-bond acceptors (Lipinski definition) is 6. The Bertz CT molecular complexity index is 947. The molecule has 2 aromatic rings. The number of nitrogens with zero attached hydrogens (tertiary/aromatic N) is 4. The van der Waals surface area contributed by atoms with Gasteiger partial charge in [-0.05, 0) is 30.7 Å². The van der Waals surface area contributed by atoms with Gasteiger partial charge in [0.05, 0.1) is 24.9 Å². The van der Waals surface area contributed by atoms with Gasteiger partial charge in [0.2, 0.25) is 0 Å². The van der Waals surface area contributed by atoms with Crippen LogP contribution < -0.4 is 10.5 Å². The van der Waals surface area contributed by atoms with Crippen molar-refractivity contribution in [2.45, 2.75) is 43.9 Å². The van der Waals surface area contributed by atoms with Crippen molar-refractivity contribution in [2.75, 3.05) is 32.0 Å². The molecular formula is C21H25F2N5O2. The van der Waals surface area contributed by atoms with Gasteiger partial charge in [-0.2, -0.15) is 8.78 Å². The van der Waals surface area contributed by atoms with Crippen molar-refractivity contribution in [3.8, 4) is 17.0 Å². The fourth-order valence-electron chi connectivity index (χ4n) is 5.21. The molecule has 0 radical (unpaired) electrons. The molecule has 0 spiro atoms. The summed E-state index contributed by atoms with van der Waals surface area (Å²) >= 11 is 0. The van der Waals surface area contributed by atoms with Crippen LogP contribution in [0.5, 0.6) is 5.75 Å². The van der Waals surface area contributed by atoms with Gasteiger partial charge in [0, 0.05) is 43.0 Å². The summed E-state index contributed by atoms with van der Waals surface area (Å²) in [6, 6.07) is 2.59. The fraction of sp³-hybridized carbons (Fsp3) is 0.619. The van der Waals surface area contributed by atoms with Crippen LogP contribution >= 0.6 is 0 Å². The number of hydrogen-bond donors (Lipinski definition) is 1. The average molecular weight is 417 g/mol. The lowest BCUT2D eigenvalue weighted by molar-refractivity contribution is -0.0616. The van der Waals surface area contributed by atoms with Crippen molar-refractivity contribution in [3.63, 3.8) is 0 Å². The van der Waals surface area contributed by atoms with E-state index in [0.29, 0.717) is 35.4 Å². The SMILES string of the molecule is Nc1ncc(-c2cn([C@H]3[C@@H]4CN(C5COC5)C[C@@H]43)c(C3CCC3)n2)cc1OC(F)F. The minimum absolute atomic E-state index is 0.0468. The highest BCUT2D eigenvalue weighted by molar-refractivity contribution is 5.64. The summed E-state index contributed by atoms with van der Waals surface area (Å²) in [6.45, 7) is 1.02. The van der Waals surface area contributed by atoms with E-state index in [-0.39, 0.29) is 11.6 Å². The van der Waals surface area contributed by atoms with Crippen molar-refractivity contribution < 1.29 is 18.3 Å². The first-order chi connectivity index (χ1) is 14.6. The van der Waals surface area contributed by atoms with E-state index in [1.165, 1.54) is 12.5 Å². The highest BCUT2D eigenvalue weighted by atomic mass is 19.3. The zero-order valence-corrected chi connectivity index (χ0v) is 16.6. The third-order valence-electron chi connectivity index (χ3n) is 7.26. The van der Waals surface area contributed by atoms with Gasteiger partial charge in [0.15, 0.2) is 11.6 Å². The lowest BCUT2D eigenvalue weighted by Crippen LogP contribution is -2.49. The largest absolute Gasteiger partial charge is 0.431 e. The third kappa shape index (κ3) is 2.98. The Hall–Kier alpha value is -2.26. The second-order valence-electron chi connectivity index (χ2n) is 8.97. The van der Waals surface area contributed by atoms with Crippen molar-refractivity contribution >= 4 is 5.82 Å². The van der Waals surface area contributed by atoms with Gasteiger partial charge in [0.1, 0.15) is 5.82 Å². The molecule has 0 amide bonds. The molecule has 2 saturated heterocycles. The zero-order valence-electron chi connectivity index (χ0n) is 16.6. The minimum Gasteiger partial charge on any atom is -0.431 e. The molecule has 4 heterocycles. The fourth-order valence-corrected chi connectivity index (χ4v) is 5.21. The number of piperidine rings is 1. The van der Waals surface area contributed by atoms with E-state index in [1.54, 1.807) is 6.20 Å². The summed E-state index contributed by atoms with van der Waals surface area (Å²) in [5, 5.41) is 0. The van der Waals surface area contributed by atoms with E-state index in [1.807, 2.05) is 0 Å². The summed E-state index contributed by atoms with van der Waals surface area (Å²) in [5.74, 6) is 2.78. The Morgan fingerprint density at radius 2 is 1.97 bits per heavy atom. The Balaban J connectivity index is 1.28. The summed E-state index contributed by atoms with van der Waals surface area (Å²) in [4.78, 5) is 11.5. The zero-order chi connectivity index (χ0) is 20.4. The van der Waals surface area contributed by atoms with Gasteiger partial charge in [-0.15, -0.1) is 0 Å². The van der Waals surface area contributed by atoms with Crippen LogP contribution in [0.1, 0.15) is 37.0 Å². The van der Waals surface area contributed by atoms with Crippen LogP contribution in [0.15, 0.2) is 18.5 Å². The number of fused-ring (bicyclic) bond motifs is 1. The number of nitrogens with two attached hydrogens (primary N) is 1. The predicted octanol–water partition coefficient (Wildman–Crippen LogP) is 2.90.